The van der Waals surface area contributed by atoms with Gasteiger partial charge in [0.25, 0.3) is 5.91 Å². The van der Waals surface area contributed by atoms with Gasteiger partial charge < -0.3 is 10.1 Å². The van der Waals surface area contributed by atoms with Crippen molar-refractivity contribution in [3.05, 3.63) is 65.4 Å². The van der Waals surface area contributed by atoms with Crippen molar-refractivity contribution in [1.29, 1.82) is 5.26 Å². The molecule has 0 aliphatic heterocycles. The number of benzene rings is 2. The minimum Gasteiger partial charge on any atom is -0.496 e. The Hall–Kier alpha value is -3.59. The van der Waals surface area contributed by atoms with Crippen molar-refractivity contribution in [2.24, 2.45) is 7.05 Å². The second kappa shape index (κ2) is 7.11. The summed E-state index contributed by atoms with van der Waals surface area (Å²) in [5, 5.41) is 16.0. The summed E-state index contributed by atoms with van der Waals surface area (Å²) in [6.45, 7) is 2.00. The number of hydrogen-bond acceptors (Lipinski definition) is 4. The largest absolute Gasteiger partial charge is 0.496 e. The Morgan fingerprint density at radius 1 is 1.23 bits per heavy atom. The Kier molecular flexibility index (Phi) is 4.72. The van der Waals surface area contributed by atoms with Crippen LogP contribution in [0.3, 0.4) is 0 Å². The molecule has 1 aromatic heterocycles. The molecule has 26 heavy (non-hydrogen) atoms. The van der Waals surface area contributed by atoms with Crippen LogP contribution >= 0.6 is 0 Å². The third-order valence-corrected chi connectivity index (χ3v) is 3.99. The molecule has 0 bridgehead atoms. The molecular weight excluding hydrogens is 328 g/mol. The molecule has 0 fully saturated rings. The van der Waals surface area contributed by atoms with E-state index in [4.69, 9.17) is 10.00 Å². The van der Waals surface area contributed by atoms with Gasteiger partial charge in [0.1, 0.15) is 5.75 Å². The van der Waals surface area contributed by atoms with Gasteiger partial charge in [0, 0.05) is 18.3 Å². The molecule has 1 amide bonds. The molecule has 0 unspecified atom stereocenters. The van der Waals surface area contributed by atoms with Gasteiger partial charge >= 0.3 is 0 Å². The number of nitrogens with one attached hydrogen (secondary N) is 1. The van der Waals surface area contributed by atoms with Crippen LogP contribution in [0.2, 0.25) is 0 Å². The zero-order valence-corrected chi connectivity index (χ0v) is 14.8. The Morgan fingerprint density at radius 3 is 2.77 bits per heavy atom. The molecule has 0 spiro atoms. The summed E-state index contributed by atoms with van der Waals surface area (Å²) < 4.78 is 7.08. The van der Waals surface area contributed by atoms with Crippen LogP contribution in [-0.2, 0) is 7.05 Å². The van der Waals surface area contributed by atoms with Crippen molar-refractivity contribution in [1.82, 2.24) is 9.78 Å². The van der Waals surface area contributed by atoms with Gasteiger partial charge in [-0.05, 0) is 43.3 Å². The summed E-state index contributed by atoms with van der Waals surface area (Å²) in [4.78, 5) is 12.5. The van der Waals surface area contributed by atoms with Crippen LogP contribution in [0.25, 0.3) is 11.3 Å². The number of aryl methyl sites for hydroxylation is 2. The maximum absolute atomic E-state index is 12.5. The number of carbonyl (C=O) groups is 1. The normalized spacial score (nSPS) is 10.2. The van der Waals surface area contributed by atoms with E-state index in [0.717, 1.165) is 16.8 Å². The zero-order valence-electron chi connectivity index (χ0n) is 14.8. The number of nitrogens with zero attached hydrogens (tertiary/aromatic N) is 3. The van der Waals surface area contributed by atoms with E-state index in [1.165, 1.54) is 0 Å². The zero-order chi connectivity index (χ0) is 18.7. The second-order valence-electron chi connectivity index (χ2n) is 5.89. The van der Waals surface area contributed by atoms with Crippen molar-refractivity contribution < 1.29 is 9.53 Å². The summed E-state index contributed by atoms with van der Waals surface area (Å²) in [5.74, 6) is 0.376. The number of nitriles is 1. The van der Waals surface area contributed by atoms with E-state index in [1.807, 2.05) is 31.2 Å². The molecule has 3 rings (SSSR count). The number of amides is 1. The highest BCUT2D eigenvalue weighted by atomic mass is 16.5. The van der Waals surface area contributed by atoms with E-state index in [2.05, 4.69) is 10.4 Å². The molecule has 2 aromatic carbocycles. The van der Waals surface area contributed by atoms with E-state index in [0.29, 0.717) is 17.0 Å². The van der Waals surface area contributed by atoms with E-state index in [1.54, 1.807) is 49.2 Å². The number of methoxy groups -OCH3 is 1. The first-order valence-electron chi connectivity index (χ1n) is 8.02. The molecule has 130 valence electrons. The topological polar surface area (TPSA) is 79.9 Å². The SMILES string of the molecule is COc1ccc(C)cc1-c1cc(C(=O)Nc2cccc(C#N)c2)nn1C. The maximum atomic E-state index is 12.5. The maximum Gasteiger partial charge on any atom is 0.276 e. The lowest BCUT2D eigenvalue weighted by atomic mass is 10.1. The molecule has 0 saturated heterocycles. The summed E-state index contributed by atoms with van der Waals surface area (Å²) in [6, 6.07) is 16.4. The Balaban J connectivity index is 1.92. The summed E-state index contributed by atoms with van der Waals surface area (Å²) in [5.41, 5.74) is 4.05. The lowest BCUT2D eigenvalue weighted by Gasteiger charge is -2.09. The predicted octanol–water partition coefficient (Wildman–Crippen LogP) is 3.53. The molecule has 6 nitrogen and oxygen atoms in total. The summed E-state index contributed by atoms with van der Waals surface area (Å²) >= 11 is 0. The van der Waals surface area contributed by atoms with E-state index >= 15 is 0 Å². The van der Waals surface area contributed by atoms with Crippen LogP contribution < -0.4 is 10.1 Å². The molecule has 0 aliphatic rings. The fourth-order valence-electron chi connectivity index (χ4n) is 2.71. The fourth-order valence-corrected chi connectivity index (χ4v) is 2.71. The van der Waals surface area contributed by atoms with Crippen LogP contribution in [-0.4, -0.2) is 22.8 Å². The lowest BCUT2D eigenvalue weighted by Crippen LogP contribution is -2.13. The molecule has 0 saturated carbocycles. The Bertz CT molecular complexity index is 1010. The monoisotopic (exact) mass is 346 g/mol. The molecule has 1 heterocycles. The molecule has 6 heteroatoms. The average Bonchev–Trinajstić information content (AvgIpc) is 3.03. The van der Waals surface area contributed by atoms with Gasteiger partial charge in [-0.15, -0.1) is 0 Å². The Morgan fingerprint density at radius 2 is 2.04 bits per heavy atom. The summed E-state index contributed by atoms with van der Waals surface area (Å²) in [6.07, 6.45) is 0. The first-order chi connectivity index (χ1) is 12.5. The van der Waals surface area contributed by atoms with Gasteiger partial charge in [-0.25, -0.2) is 0 Å². The van der Waals surface area contributed by atoms with Crippen molar-refractivity contribution in [3.8, 4) is 23.1 Å². The van der Waals surface area contributed by atoms with Crippen molar-refractivity contribution in [2.45, 2.75) is 6.92 Å². The third kappa shape index (κ3) is 3.42. The van der Waals surface area contributed by atoms with E-state index < -0.39 is 0 Å². The quantitative estimate of drug-likeness (QED) is 0.784. The van der Waals surface area contributed by atoms with Crippen molar-refractivity contribution in [3.63, 3.8) is 0 Å². The highest BCUT2D eigenvalue weighted by molar-refractivity contribution is 6.03. The van der Waals surface area contributed by atoms with Crippen LogP contribution in [0.1, 0.15) is 21.6 Å². The molecule has 0 aliphatic carbocycles. The number of aromatic nitrogens is 2. The average molecular weight is 346 g/mol. The fraction of sp³-hybridized carbons (Fsp3) is 0.150. The number of hydrogen-bond donors (Lipinski definition) is 1. The summed E-state index contributed by atoms with van der Waals surface area (Å²) in [7, 11) is 3.39. The molecule has 0 radical (unpaired) electrons. The van der Waals surface area contributed by atoms with Crippen LogP contribution in [0.15, 0.2) is 48.5 Å². The number of carbonyl (C=O) groups excluding carboxylic acids is 1. The highest BCUT2D eigenvalue weighted by Gasteiger charge is 2.17. The first-order valence-corrected chi connectivity index (χ1v) is 8.02. The minimum atomic E-state index is -0.339. The second-order valence-corrected chi connectivity index (χ2v) is 5.89. The molecule has 1 N–H and O–H groups in total. The van der Waals surface area contributed by atoms with Gasteiger partial charge in [-0.1, -0.05) is 17.7 Å². The van der Waals surface area contributed by atoms with E-state index in [9.17, 15) is 4.79 Å². The van der Waals surface area contributed by atoms with Crippen molar-refractivity contribution in [2.75, 3.05) is 12.4 Å². The molecule has 3 aromatic rings. The number of anilines is 1. The Labute approximate surface area is 151 Å². The third-order valence-electron chi connectivity index (χ3n) is 3.99. The number of ether oxygens (including phenoxy) is 1. The number of rotatable bonds is 4. The van der Waals surface area contributed by atoms with Gasteiger partial charge in [-0.3, -0.25) is 9.48 Å². The van der Waals surface area contributed by atoms with Gasteiger partial charge in [-0.2, -0.15) is 10.4 Å². The minimum absolute atomic E-state index is 0.286. The predicted molar refractivity (Wildman–Crippen MR) is 99.0 cm³/mol. The molecular formula is C20H18N4O2. The first kappa shape index (κ1) is 17.2. The van der Waals surface area contributed by atoms with E-state index in [-0.39, 0.29) is 11.6 Å². The van der Waals surface area contributed by atoms with Gasteiger partial charge in [0.05, 0.1) is 24.4 Å². The van der Waals surface area contributed by atoms with Gasteiger partial charge in [0.2, 0.25) is 0 Å². The van der Waals surface area contributed by atoms with Crippen LogP contribution in [0.5, 0.6) is 5.75 Å². The highest BCUT2D eigenvalue weighted by Crippen LogP contribution is 2.31. The lowest BCUT2D eigenvalue weighted by molar-refractivity contribution is 0.102. The van der Waals surface area contributed by atoms with Crippen LogP contribution in [0, 0.1) is 18.3 Å². The molecule has 0 atom stereocenters. The van der Waals surface area contributed by atoms with Crippen LogP contribution in [0.4, 0.5) is 5.69 Å². The van der Waals surface area contributed by atoms with Gasteiger partial charge in [0.15, 0.2) is 5.69 Å². The smallest absolute Gasteiger partial charge is 0.276 e. The van der Waals surface area contributed by atoms with Crippen molar-refractivity contribution >= 4 is 11.6 Å². The standard InChI is InChI=1S/C20H18N4O2/c1-13-7-8-19(26-3)16(9-13)18-11-17(23-24(18)2)20(25)22-15-6-4-5-14(10-15)12-21/h4-11H,1-3H3,(H,22,25).